The van der Waals surface area contributed by atoms with Crippen molar-refractivity contribution in [3.63, 3.8) is 0 Å². The highest BCUT2D eigenvalue weighted by molar-refractivity contribution is 5.93. The first kappa shape index (κ1) is 14.5. The van der Waals surface area contributed by atoms with Gasteiger partial charge < -0.3 is 10.6 Å². The first-order chi connectivity index (χ1) is 7.34. The Kier molecular flexibility index (Phi) is 6.23. The monoisotopic (exact) mass is 222 g/mol. The van der Waals surface area contributed by atoms with Crippen LogP contribution in [0, 0.1) is 5.92 Å². The summed E-state index contributed by atoms with van der Waals surface area (Å²) in [7, 11) is 3.89. The molecule has 0 radical (unpaired) electrons. The maximum atomic E-state index is 10.7. The van der Waals surface area contributed by atoms with E-state index in [-0.39, 0.29) is 5.91 Å². The first-order valence-electron chi connectivity index (χ1n) is 5.41. The van der Waals surface area contributed by atoms with Gasteiger partial charge in [-0.1, -0.05) is 20.8 Å². The van der Waals surface area contributed by atoms with E-state index in [4.69, 9.17) is 5.73 Å². The number of anilines is 1. The zero-order valence-corrected chi connectivity index (χ0v) is 10.8. The van der Waals surface area contributed by atoms with Crippen LogP contribution in [0.4, 0.5) is 5.69 Å². The summed E-state index contributed by atoms with van der Waals surface area (Å²) < 4.78 is 0. The number of benzene rings is 1. The Morgan fingerprint density at radius 2 is 1.50 bits per heavy atom. The predicted molar refractivity (Wildman–Crippen MR) is 69.8 cm³/mol. The van der Waals surface area contributed by atoms with Crippen molar-refractivity contribution in [2.75, 3.05) is 19.0 Å². The molecule has 3 nitrogen and oxygen atoms in total. The van der Waals surface area contributed by atoms with Gasteiger partial charge in [0.2, 0.25) is 5.91 Å². The number of nitrogens with two attached hydrogens (primary N) is 1. The number of hydrogen-bond acceptors (Lipinski definition) is 2. The number of amides is 1. The van der Waals surface area contributed by atoms with E-state index in [1.807, 2.05) is 31.1 Å². The highest BCUT2D eigenvalue weighted by Gasteiger charge is 1.99. The quantitative estimate of drug-likeness (QED) is 0.835. The largest absolute Gasteiger partial charge is 0.378 e. The van der Waals surface area contributed by atoms with Crippen LogP contribution in [0.25, 0.3) is 0 Å². The van der Waals surface area contributed by atoms with E-state index in [0.29, 0.717) is 5.56 Å². The van der Waals surface area contributed by atoms with Gasteiger partial charge >= 0.3 is 0 Å². The molecule has 1 aromatic carbocycles. The van der Waals surface area contributed by atoms with Crippen molar-refractivity contribution in [2.24, 2.45) is 11.7 Å². The van der Waals surface area contributed by atoms with Crippen LogP contribution in [0.3, 0.4) is 0 Å². The lowest BCUT2D eigenvalue weighted by Crippen LogP contribution is -2.12. The Morgan fingerprint density at radius 3 is 1.75 bits per heavy atom. The van der Waals surface area contributed by atoms with Crippen molar-refractivity contribution < 1.29 is 4.79 Å². The molecule has 0 aliphatic carbocycles. The fraction of sp³-hybridized carbons (Fsp3) is 0.462. The molecule has 3 heteroatoms. The number of primary amides is 1. The van der Waals surface area contributed by atoms with Crippen LogP contribution in [0.15, 0.2) is 24.3 Å². The summed E-state index contributed by atoms with van der Waals surface area (Å²) in [6, 6.07) is 7.16. The minimum absolute atomic E-state index is 0.389. The Hall–Kier alpha value is -1.51. The first-order valence-corrected chi connectivity index (χ1v) is 5.41. The van der Waals surface area contributed by atoms with Gasteiger partial charge in [-0.2, -0.15) is 0 Å². The molecule has 2 N–H and O–H groups in total. The standard InChI is InChI=1S/C9H12N2O.C4H10/c1-11(2)8-5-3-7(4-6-8)9(10)12;1-4(2)3/h3-6H,1-2H3,(H2,10,12);4H,1-3H3. The van der Waals surface area contributed by atoms with Crippen molar-refractivity contribution in [2.45, 2.75) is 20.8 Å². The summed E-state index contributed by atoms with van der Waals surface area (Å²) in [5, 5.41) is 0. The molecular weight excluding hydrogens is 200 g/mol. The molecule has 1 aromatic rings. The van der Waals surface area contributed by atoms with Gasteiger partial charge in [0.05, 0.1) is 0 Å². The number of carbonyl (C=O) groups excluding carboxylic acids is 1. The van der Waals surface area contributed by atoms with E-state index in [0.717, 1.165) is 11.6 Å². The van der Waals surface area contributed by atoms with Gasteiger partial charge in [0.1, 0.15) is 0 Å². The van der Waals surface area contributed by atoms with Gasteiger partial charge in [0.15, 0.2) is 0 Å². The van der Waals surface area contributed by atoms with Crippen LogP contribution in [0.5, 0.6) is 0 Å². The minimum atomic E-state index is -0.389. The average Bonchev–Trinajstić information content (AvgIpc) is 2.17. The molecule has 1 amide bonds. The Morgan fingerprint density at radius 1 is 1.12 bits per heavy atom. The van der Waals surface area contributed by atoms with E-state index in [2.05, 4.69) is 20.8 Å². The third-order valence-electron chi connectivity index (χ3n) is 1.67. The molecular formula is C13H22N2O. The van der Waals surface area contributed by atoms with Crippen molar-refractivity contribution in [1.82, 2.24) is 0 Å². The summed E-state index contributed by atoms with van der Waals surface area (Å²) in [5.41, 5.74) is 6.69. The summed E-state index contributed by atoms with van der Waals surface area (Å²) in [6.45, 7) is 6.50. The number of rotatable bonds is 2. The van der Waals surface area contributed by atoms with Gasteiger partial charge in [0, 0.05) is 25.3 Å². The molecule has 0 aliphatic rings. The summed E-state index contributed by atoms with van der Waals surface area (Å²) >= 11 is 0. The van der Waals surface area contributed by atoms with Crippen molar-refractivity contribution >= 4 is 11.6 Å². The number of nitrogens with zero attached hydrogens (tertiary/aromatic N) is 1. The maximum Gasteiger partial charge on any atom is 0.248 e. The van der Waals surface area contributed by atoms with E-state index in [1.165, 1.54) is 0 Å². The van der Waals surface area contributed by atoms with Crippen LogP contribution < -0.4 is 10.6 Å². The lowest BCUT2D eigenvalue weighted by Gasteiger charge is -2.11. The third kappa shape index (κ3) is 6.06. The molecule has 0 unspecified atom stereocenters. The Bertz CT molecular complexity index is 312. The zero-order valence-electron chi connectivity index (χ0n) is 10.8. The normalized spacial score (nSPS) is 9.38. The highest BCUT2D eigenvalue weighted by atomic mass is 16.1. The number of hydrogen-bond donors (Lipinski definition) is 1. The molecule has 0 fully saturated rings. The lowest BCUT2D eigenvalue weighted by atomic mass is 10.2. The van der Waals surface area contributed by atoms with Crippen LogP contribution in [0.1, 0.15) is 31.1 Å². The fourth-order valence-electron chi connectivity index (χ4n) is 0.924. The second-order valence-corrected chi connectivity index (χ2v) is 4.54. The molecule has 0 bridgehead atoms. The fourth-order valence-corrected chi connectivity index (χ4v) is 0.924. The van der Waals surface area contributed by atoms with Crippen molar-refractivity contribution in [1.29, 1.82) is 0 Å². The van der Waals surface area contributed by atoms with Crippen molar-refractivity contribution in [3.8, 4) is 0 Å². The summed E-state index contributed by atoms with van der Waals surface area (Å²) in [5.74, 6) is 0.445. The zero-order chi connectivity index (χ0) is 12.7. The topological polar surface area (TPSA) is 46.3 Å². The second-order valence-electron chi connectivity index (χ2n) is 4.54. The SMILES string of the molecule is CC(C)C.CN(C)c1ccc(C(N)=O)cc1. The predicted octanol–water partition coefficient (Wildman–Crippen LogP) is 2.51. The molecule has 16 heavy (non-hydrogen) atoms. The van der Waals surface area contributed by atoms with Gasteiger partial charge in [-0.15, -0.1) is 0 Å². The van der Waals surface area contributed by atoms with E-state index in [1.54, 1.807) is 12.1 Å². The third-order valence-corrected chi connectivity index (χ3v) is 1.67. The van der Waals surface area contributed by atoms with Gasteiger partial charge in [0.25, 0.3) is 0 Å². The molecule has 0 aliphatic heterocycles. The smallest absolute Gasteiger partial charge is 0.248 e. The molecule has 0 atom stereocenters. The lowest BCUT2D eigenvalue weighted by molar-refractivity contribution is 0.100. The highest BCUT2D eigenvalue weighted by Crippen LogP contribution is 2.11. The van der Waals surface area contributed by atoms with Gasteiger partial charge in [-0.25, -0.2) is 0 Å². The maximum absolute atomic E-state index is 10.7. The molecule has 0 spiro atoms. The van der Waals surface area contributed by atoms with Crippen LogP contribution in [-0.4, -0.2) is 20.0 Å². The van der Waals surface area contributed by atoms with Crippen LogP contribution in [0.2, 0.25) is 0 Å². The molecule has 90 valence electrons. The summed E-state index contributed by atoms with van der Waals surface area (Å²) in [6.07, 6.45) is 0. The van der Waals surface area contributed by atoms with E-state index >= 15 is 0 Å². The van der Waals surface area contributed by atoms with Crippen LogP contribution >= 0.6 is 0 Å². The molecule has 1 rings (SSSR count). The minimum Gasteiger partial charge on any atom is -0.378 e. The van der Waals surface area contributed by atoms with Gasteiger partial charge in [-0.3, -0.25) is 4.79 Å². The Balaban J connectivity index is 0.000000487. The molecule has 0 saturated carbocycles. The molecule has 0 saturated heterocycles. The molecule has 0 heterocycles. The van der Waals surface area contributed by atoms with Gasteiger partial charge in [-0.05, 0) is 30.2 Å². The van der Waals surface area contributed by atoms with E-state index in [9.17, 15) is 4.79 Å². The second kappa shape index (κ2) is 6.88. The van der Waals surface area contributed by atoms with Crippen molar-refractivity contribution in [3.05, 3.63) is 29.8 Å². The summed E-state index contributed by atoms with van der Waals surface area (Å²) in [4.78, 5) is 12.7. The number of carbonyl (C=O) groups is 1. The average molecular weight is 222 g/mol. The Labute approximate surface area is 98.3 Å². The van der Waals surface area contributed by atoms with Crippen LogP contribution in [-0.2, 0) is 0 Å². The molecule has 0 aromatic heterocycles. The van der Waals surface area contributed by atoms with E-state index < -0.39 is 0 Å².